The van der Waals surface area contributed by atoms with Crippen LogP contribution in [0.2, 0.25) is 0 Å². The van der Waals surface area contributed by atoms with Crippen molar-refractivity contribution >= 4 is 23.3 Å². The van der Waals surface area contributed by atoms with Gasteiger partial charge < -0.3 is 5.32 Å². The van der Waals surface area contributed by atoms with Gasteiger partial charge in [-0.2, -0.15) is 13.2 Å². The van der Waals surface area contributed by atoms with E-state index in [1.165, 1.54) is 20.2 Å². The number of fused-ring (bicyclic) bond motifs is 2. The van der Waals surface area contributed by atoms with Gasteiger partial charge in [0.25, 0.3) is 5.56 Å². The molecule has 2 heterocycles. The number of aryl methyl sites for hydroxylation is 2. The maximum absolute atomic E-state index is 15.2. The minimum atomic E-state index is -4.84. The number of hydrogen-bond donors (Lipinski definition) is 1. The highest BCUT2D eigenvalue weighted by Gasteiger charge is 2.63. The van der Waals surface area contributed by atoms with E-state index < -0.39 is 27.7 Å². The summed E-state index contributed by atoms with van der Waals surface area (Å²) in [4.78, 5) is 26.1. The van der Waals surface area contributed by atoms with Gasteiger partial charge in [-0.3, -0.25) is 13.9 Å². The minimum absolute atomic E-state index is 0.0434. The van der Waals surface area contributed by atoms with Gasteiger partial charge in [-0.1, -0.05) is 48.5 Å². The van der Waals surface area contributed by atoms with Gasteiger partial charge in [0, 0.05) is 30.2 Å². The molecule has 1 N–H and O–H groups in total. The molecule has 9 heteroatoms. The van der Waals surface area contributed by atoms with Gasteiger partial charge in [0.05, 0.1) is 5.56 Å². The van der Waals surface area contributed by atoms with Crippen LogP contribution in [0.4, 0.5) is 24.7 Å². The van der Waals surface area contributed by atoms with Crippen LogP contribution in [0.5, 0.6) is 0 Å². The number of thioether (sulfide) groups is 1. The molecule has 4 rings (SSSR count). The van der Waals surface area contributed by atoms with Gasteiger partial charge >= 0.3 is 11.9 Å². The minimum Gasteiger partial charge on any atom is -0.341 e. The quantitative estimate of drug-likeness (QED) is 0.619. The van der Waals surface area contributed by atoms with Crippen molar-refractivity contribution < 1.29 is 13.2 Å². The molecular weight excluding hydrogens is 439 g/mol. The normalized spacial score (nSPS) is 17.5. The van der Waals surface area contributed by atoms with Gasteiger partial charge in [0.2, 0.25) is 0 Å². The SMILES string of the molecule is CCc1ccc2c(c1)C(Sc1ccc(C)cc1)(C(F)(F)F)c1c(n(C)c(=O)n(C)c1=O)N2. The van der Waals surface area contributed by atoms with Crippen LogP contribution >= 0.6 is 11.8 Å². The second kappa shape index (κ2) is 7.58. The Morgan fingerprint density at radius 1 is 1.03 bits per heavy atom. The number of halogens is 3. The van der Waals surface area contributed by atoms with Crippen LogP contribution in [-0.2, 0) is 25.3 Å². The molecule has 0 spiro atoms. The Balaban J connectivity index is 2.17. The first-order valence-electron chi connectivity index (χ1n) is 10.0. The van der Waals surface area contributed by atoms with E-state index in [-0.39, 0.29) is 17.1 Å². The van der Waals surface area contributed by atoms with Gasteiger partial charge in [-0.15, -0.1) is 0 Å². The van der Waals surface area contributed by atoms with Crippen molar-refractivity contribution in [1.29, 1.82) is 0 Å². The summed E-state index contributed by atoms with van der Waals surface area (Å²) < 4.78 is 44.7. The molecule has 168 valence electrons. The van der Waals surface area contributed by atoms with Crippen LogP contribution in [0, 0.1) is 6.92 Å². The second-order valence-electron chi connectivity index (χ2n) is 7.88. The topological polar surface area (TPSA) is 56.0 Å². The van der Waals surface area contributed by atoms with Gasteiger partial charge in [-0.25, -0.2) is 4.79 Å². The molecule has 0 saturated carbocycles. The summed E-state index contributed by atoms with van der Waals surface area (Å²) in [6, 6.07) is 11.5. The number of alkyl halides is 3. The summed E-state index contributed by atoms with van der Waals surface area (Å²) in [7, 11) is 2.55. The summed E-state index contributed by atoms with van der Waals surface area (Å²) in [5.41, 5.74) is -0.373. The van der Waals surface area contributed by atoms with E-state index >= 15 is 13.2 Å². The first-order chi connectivity index (χ1) is 15.0. The largest absolute Gasteiger partial charge is 0.412 e. The fourth-order valence-corrected chi connectivity index (χ4v) is 5.33. The highest BCUT2D eigenvalue weighted by Crippen LogP contribution is 2.61. The van der Waals surface area contributed by atoms with Gasteiger partial charge in [0.15, 0.2) is 4.75 Å². The second-order valence-corrected chi connectivity index (χ2v) is 9.17. The monoisotopic (exact) mass is 461 g/mol. The lowest BCUT2D eigenvalue weighted by atomic mass is 9.85. The molecule has 1 aliphatic rings. The Morgan fingerprint density at radius 2 is 1.69 bits per heavy atom. The van der Waals surface area contributed by atoms with E-state index in [9.17, 15) is 9.59 Å². The number of anilines is 2. The fourth-order valence-electron chi connectivity index (χ4n) is 4.02. The molecule has 5 nitrogen and oxygen atoms in total. The van der Waals surface area contributed by atoms with E-state index in [1.54, 1.807) is 36.4 Å². The summed E-state index contributed by atoms with van der Waals surface area (Å²) in [5.74, 6) is -0.146. The molecule has 0 fully saturated rings. The average molecular weight is 462 g/mol. The third-order valence-electron chi connectivity index (χ3n) is 5.83. The Kier molecular flexibility index (Phi) is 5.27. The van der Waals surface area contributed by atoms with Crippen molar-refractivity contribution in [3.05, 3.63) is 85.6 Å². The number of rotatable bonds is 3. The summed E-state index contributed by atoms with van der Waals surface area (Å²) in [6.45, 7) is 3.71. The number of aromatic nitrogens is 2. The number of nitrogens with one attached hydrogen (secondary N) is 1. The molecule has 2 aromatic carbocycles. The lowest BCUT2D eigenvalue weighted by Gasteiger charge is -2.41. The maximum Gasteiger partial charge on any atom is 0.412 e. The van der Waals surface area contributed by atoms with E-state index in [0.29, 0.717) is 28.6 Å². The number of benzene rings is 2. The summed E-state index contributed by atoms with van der Waals surface area (Å²) >= 11 is 0.576. The zero-order valence-corrected chi connectivity index (χ0v) is 18.8. The Morgan fingerprint density at radius 3 is 2.28 bits per heavy atom. The Labute approximate surface area is 186 Å². The van der Waals surface area contributed by atoms with E-state index in [1.807, 2.05) is 13.8 Å². The number of hydrogen-bond acceptors (Lipinski definition) is 4. The van der Waals surface area contributed by atoms with Crippen molar-refractivity contribution in [2.24, 2.45) is 14.1 Å². The van der Waals surface area contributed by atoms with E-state index in [4.69, 9.17) is 0 Å². The van der Waals surface area contributed by atoms with Crippen molar-refractivity contribution in [2.75, 3.05) is 5.32 Å². The molecule has 1 aliphatic heterocycles. The molecule has 0 radical (unpaired) electrons. The molecule has 0 amide bonds. The van der Waals surface area contributed by atoms with Gasteiger partial charge in [0.1, 0.15) is 5.82 Å². The highest BCUT2D eigenvalue weighted by atomic mass is 32.2. The zero-order valence-electron chi connectivity index (χ0n) is 18.0. The van der Waals surface area contributed by atoms with Crippen molar-refractivity contribution in [3.63, 3.8) is 0 Å². The third kappa shape index (κ3) is 3.18. The molecule has 1 atom stereocenters. The average Bonchev–Trinajstić information content (AvgIpc) is 2.76. The lowest BCUT2D eigenvalue weighted by molar-refractivity contribution is -0.152. The standard InChI is InChI=1S/C23H22F3N3O2S/c1-5-14-8-11-17-16(12-14)22(23(24,25)26,32-15-9-6-13(2)7-10-15)18-19(27-17)28(3)21(31)29(4)20(18)30/h6-12,27H,5H2,1-4H3. The Hall–Kier alpha value is -2.94. The van der Waals surface area contributed by atoms with Gasteiger partial charge in [-0.05, 0) is 37.1 Å². The lowest BCUT2D eigenvalue weighted by Crippen LogP contribution is -2.52. The van der Waals surface area contributed by atoms with Crippen LogP contribution in [-0.4, -0.2) is 15.3 Å². The zero-order chi connectivity index (χ0) is 23.4. The van der Waals surface area contributed by atoms with Crippen LogP contribution < -0.4 is 16.6 Å². The van der Waals surface area contributed by atoms with Crippen molar-refractivity contribution in [2.45, 2.75) is 36.1 Å². The van der Waals surface area contributed by atoms with Crippen LogP contribution in [0.25, 0.3) is 0 Å². The van der Waals surface area contributed by atoms with Crippen LogP contribution in [0.1, 0.15) is 29.2 Å². The molecule has 32 heavy (non-hydrogen) atoms. The fraction of sp³-hybridized carbons (Fsp3) is 0.304. The third-order valence-corrected chi connectivity index (χ3v) is 7.30. The van der Waals surface area contributed by atoms with Crippen LogP contribution in [0.15, 0.2) is 56.9 Å². The van der Waals surface area contributed by atoms with Crippen molar-refractivity contribution in [3.8, 4) is 0 Å². The first-order valence-corrected chi connectivity index (χ1v) is 10.9. The maximum atomic E-state index is 15.2. The molecule has 1 aromatic heterocycles. The predicted molar refractivity (Wildman–Crippen MR) is 120 cm³/mol. The van der Waals surface area contributed by atoms with E-state index in [2.05, 4.69) is 5.32 Å². The summed E-state index contributed by atoms with van der Waals surface area (Å²) in [6.07, 6.45) is -4.31. The summed E-state index contributed by atoms with van der Waals surface area (Å²) in [5, 5.41) is 2.93. The number of nitrogens with zero attached hydrogens (tertiary/aromatic N) is 2. The predicted octanol–water partition coefficient (Wildman–Crippen LogP) is 4.61. The molecule has 0 bridgehead atoms. The molecule has 1 unspecified atom stereocenters. The smallest absolute Gasteiger partial charge is 0.341 e. The molecule has 3 aromatic rings. The van der Waals surface area contributed by atoms with Crippen molar-refractivity contribution in [1.82, 2.24) is 9.13 Å². The van der Waals surface area contributed by atoms with E-state index in [0.717, 1.165) is 14.7 Å². The molecular formula is C23H22F3N3O2S. The molecule has 0 saturated heterocycles. The highest BCUT2D eigenvalue weighted by molar-refractivity contribution is 8.00. The van der Waals surface area contributed by atoms with Crippen LogP contribution in [0.3, 0.4) is 0 Å². The Bertz CT molecular complexity index is 1330. The molecule has 0 aliphatic carbocycles. The first kappa shape index (κ1) is 22.3.